The quantitative estimate of drug-likeness (QED) is 0.872. The zero-order chi connectivity index (χ0) is 14.4. The molecule has 104 valence electrons. The molecule has 20 heavy (non-hydrogen) atoms. The first kappa shape index (κ1) is 14.1. The molecule has 2 rings (SSSR count). The maximum atomic E-state index is 11.7. The second kappa shape index (κ2) is 6.77. The topological polar surface area (TPSA) is 80.9 Å². The number of carbonyl (C=O) groups is 1. The van der Waals surface area contributed by atoms with Crippen molar-refractivity contribution >= 4 is 11.6 Å². The van der Waals surface area contributed by atoms with Crippen molar-refractivity contribution in [2.45, 2.75) is 25.8 Å². The van der Waals surface area contributed by atoms with Crippen molar-refractivity contribution in [3.8, 4) is 11.4 Å². The van der Waals surface area contributed by atoms with Gasteiger partial charge in [0.2, 0.25) is 5.91 Å². The van der Waals surface area contributed by atoms with Gasteiger partial charge < -0.3 is 11.1 Å². The molecule has 1 heterocycles. The summed E-state index contributed by atoms with van der Waals surface area (Å²) >= 11 is 0. The Morgan fingerprint density at radius 3 is 2.50 bits per heavy atom. The van der Waals surface area contributed by atoms with E-state index in [1.807, 2.05) is 37.3 Å². The van der Waals surface area contributed by atoms with E-state index in [9.17, 15) is 4.79 Å². The van der Waals surface area contributed by atoms with Crippen molar-refractivity contribution in [3.05, 3.63) is 42.7 Å². The van der Waals surface area contributed by atoms with Crippen LogP contribution in [-0.4, -0.2) is 21.9 Å². The molecule has 0 aliphatic heterocycles. The molecule has 0 spiro atoms. The number of amides is 1. The Balaban J connectivity index is 2.00. The highest BCUT2D eigenvalue weighted by Crippen LogP contribution is 2.14. The smallest absolute Gasteiger partial charge is 0.226 e. The van der Waals surface area contributed by atoms with Crippen molar-refractivity contribution < 1.29 is 4.79 Å². The molecule has 1 aromatic heterocycles. The minimum Gasteiger partial charge on any atom is -0.327 e. The highest BCUT2D eigenvalue weighted by atomic mass is 16.1. The SMILES string of the molecule is CCC(N)CC(=O)Nc1cnc(-c2ccccc2)nc1. The average Bonchev–Trinajstić information content (AvgIpc) is 2.48. The highest BCUT2D eigenvalue weighted by molar-refractivity contribution is 5.90. The zero-order valence-electron chi connectivity index (χ0n) is 11.4. The van der Waals surface area contributed by atoms with Gasteiger partial charge in [0.15, 0.2) is 5.82 Å². The largest absolute Gasteiger partial charge is 0.327 e. The first-order valence-corrected chi connectivity index (χ1v) is 6.62. The molecule has 0 radical (unpaired) electrons. The summed E-state index contributed by atoms with van der Waals surface area (Å²) in [5, 5.41) is 2.74. The number of nitrogens with one attached hydrogen (secondary N) is 1. The third-order valence-corrected chi connectivity index (χ3v) is 2.94. The summed E-state index contributed by atoms with van der Waals surface area (Å²) in [5.74, 6) is 0.518. The first-order valence-electron chi connectivity index (χ1n) is 6.62. The fourth-order valence-corrected chi connectivity index (χ4v) is 1.72. The third kappa shape index (κ3) is 3.86. The fourth-order valence-electron chi connectivity index (χ4n) is 1.72. The van der Waals surface area contributed by atoms with Gasteiger partial charge in [-0.2, -0.15) is 0 Å². The van der Waals surface area contributed by atoms with E-state index >= 15 is 0 Å². The number of carbonyl (C=O) groups excluding carboxylic acids is 1. The lowest BCUT2D eigenvalue weighted by Gasteiger charge is -2.09. The molecule has 3 N–H and O–H groups in total. The summed E-state index contributed by atoms with van der Waals surface area (Å²) in [4.78, 5) is 20.2. The number of aromatic nitrogens is 2. The van der Waals surface area contributed by atoms with Crippen LogP contribution in [0.15, 0.2) is 42.7 Å². The maximum Gasteiger partial charge on any atom is 0.226 e. The van der Waals surface area contributed by atoms with Gasteiger partial charge >= 0.3 is 0 Å². The number of hydrogen-bond donors (Lipinski definition) is 2. The van der Waals surface area contributed by atoms with Gasteiger partial charge in [-0.1, -0.05) is 37.3 Å². The Hall–Kier alpha value is -2.27. The Morgan fingerprint density at radius 1 is 1.25 bits per heavy atom. The summed E-state index contributed by atoms with van der Waals surface area (Å²) in [5.41, 5.74) is 7.26. The van der Waals surface area contributed by atoms with Gasteiger partial charge in [0, 0.05) is 18.0 Å². The van der Waals surface area contributed by atoms with Crippen molar-refractivity contribution in [2.75, 3.05) is 5.32 Å². The number of anilines is 1. The summed E-state index contributed by atoms with van der Waals surface area (Å²) in [6.07, 6.45) is 4.28. The Labute approximate surface area is 118 Å². The minimum absolute atomic E-state index is 0.112. The standard InChI is InChI=1S/C15H18N4O/c1-2-12(16)8-14(20)19-13-9-17-15(18-10-13)11-6-4-3-5-7-11/h3-7,9-10,12H,2,8,16H2,1H3,(H,19,20). The minimum atomic E-state index is -0.115. The average molecular weight is 270 g/mol. The van der Waals surface area contributed by atoms with Crippen molar-refractivity contribution in [3.63, 3.8) is 0 Å². The third-order valence-electron chi connectivity index (χ3n) is 2.94. The molecule has 0 aliphatic rings. The van der Waals surface area contributed by atoms with E-state index in [1.165, 1.54) is 0 Å². The molecule has 0 saturated carbocycles. The number of nitrogens with two attached hydrogens (primary N) is 1. The zero-order valence-corrected chi connectivity index (χ0v) is 11.4. The van der Waals surface area contributed by atoms with E-state index in [0.29, 0.717) is 17.9 Å². The van der Waals surface area contributed by atoms with Crippen LogP contribution in [0.5, 0.6) is 0 Å². The van der Waals surface area contributed by atoms with Crippen LogP contribution in [0.25, 0.3) is 11.4 Å². The lowest BCUT2D eigenvalue weighted by molar-refractivity contribution is -0.116. The van der Waals surface area contributed by atoms with Crippen LogP contribution in [0.1, 0.15) is 19.8 Å². The monoisotopic (exact) mass is 270 g/mol. The molecule has 1 unspecified atom stereocenters. The van der Waals surface area contributed by atoms with E-state index in [2.05, 4.69) is 15.3 Å². The van der Waals surface area contributed by atoms with Gasteiger partial charge in [0.05, 0.1) is 18.1 Å². The molecular weight excluding hydrogens is 252 g/mol. The summed E-state index contributed by atoms with van der Waals surface area (Å²) in [6.45, 7) is 1.95. The molecule has 2 aromatic rings. The molecule has 1 aromatic carbocycles. The molecule has 1 atom stereocenters. The lowest BCUT2D eigenvalue weighted by atomic mass is 10.1. The predicted molar refractivity (Wildman–Crippen MR) is 79.0 cm³/mol. The van der Waals surface area contributed by atoms with Crippen LogP contribution >= 0.6 is 0 Å². The Bertz CT molecular complexity index is 554. The van der Waals surface area contributed by atoms with Crippen LogP contribution < -0.4 is 11.1 Å². The van der Waals surface area contributed by atoms with Crippen molar-refractivity contribution in [2.24, 2.45) is 5.73 Å². The second-order valence-electron chi connectivity index (χ2n) is 4.58. The van der Waals surface area contributed by atoms with Gasteiger partial charge in [-0.15, -0.1) is 0 Å². The molecule has 0 aliphatic carbocycles. The lowest BCUT2D eigenvalue weighted by Crippen LogP contribution is -2.26. The molecule has 5 heteroatoms. The van der Waals surface area contributed by atoms with Crippen molar-refractivity contribution in [1.29, 1.82) is 0 Å². The number of rotatable bonds is 5. The van der Waals surface area contributed by atoms with Gasteiger partial charge in [0.1, 0.15) is 0 Å². The summed E-state index contributed by atoms with van der Waals surface area (Å²) in [7, 11) is 0. The van der Waals surface area contributed by atoms with Gasteiger partial charge in [-0.3, -0.25) is 4.79 Å². The van der Waals surface area contributed by atoms with Gasteiger partial charge in [0.25, 0.3) is 0 Å². The van der Waals surface area contributed by atoms with E-state index in [1.54, 1.807) is 12.4 Å². The molecular formula is C15H18N4O. The van der Waals surface area contributed by atoms with E-state index < -0.39 is 0 Å². The highest BCUT2D eigenvalue weighted by Gasteiger charge is 2.08. The van der Waals surface area contributed by atoms with Gasteiger partial charge in [-0.25, -0.2) is 9.97 Å². The Kier molecular flexibility index (Phi) is 4.79. The molecule has 0 fully saturated rings. The second-order valence-corrected chi connectivity index (χ2v) is 4.58. The van der Waals surface area contributed by atoms with Crippen LogP contribution in [-0.2, 0) is 4.79 Å². The van der Waals surface area contributed by atoms with E-state index in [0.717, 1.165) is 12.0 Å². The molecule has 0 saturated heterocycles. The summed E-state index contributed by atoms with van der Waals surface area (Å²) in [6, 6.07) is 9.57. The van der Waals surface area contributed by atoms with Crippen LogP contribution in [0.3, 0.4) is 0 Å². The number of nitrogens with zero attached hydrogens (tertiary/aromatic N) is 2. The number of hydrogen-bond acceptors (Lipinski definition) is 4. The molecule has 0 bridgehead atoms. The Morgan fingerprint density at radius 2 is 1.90 bits per heavy atom. The van der Waals surface area contributed by atoms with Crippen LogP contribution in [0, 0.1) is 0 Å². The van der Waals surface area contributed by atoms with E-state index in [4.69, 9.17) is 5.73 Å². The molecule has 1 amide bonds. The fraction of sp³-hybridized carbons (Fsp3) is 0.267. The van der Waals surface area contributed by atoms with Crippen LogP contribution in [0.4, 0.5) is 5.69 Å². The normalized spacial score (nSPS) is 11.9. The number of benzene rings is 1. The maximum absolute atomic E-state index is 11.7. The summed E-state index contributed by atoms with van der Waals surface area (Å²) < 4.78 is 0. The first-order chi connectivity index (χ1) is 9.69. The van der Waals surface area contributed by atoms with Crippen LogP contribution in [0.2, 0.25) is 0 Å². The van der Waals surface area contributed by atoms with E-state index in [-0.39, 0.29) is 11.9 Å². The molecule has 5 nitrogen and oxygen atoms in total. The van der Waals surface area contributed by atoms with Gasteiger partial charge in [-0.05, 0) is 6.42 Å². The predicted octanol–water partition coefficient (Wildman–Crippen LogP) is 2.21. The van der Waals surface area contributed by atoms with Crippen molar-refractivity contribution in [1.82, 2.24) is 9.97 Å².